The van der Waals surface area contributed by atoms with E-state index in [-0.39, 0.29) is 0 Å². The van der Waals surface area contributed by atoms with Crippen LogP contribution in [0.1, 0.15) is 16.8 Å². The van der Waals surface area contributed by atoms with Gasteiger partial charge in [0.1, 0.15) is 24.2 Å². The highest BCUT2D eigenvalue weighted by molar-refractivity contribution is 6.32. The van der Waals surface area contributed by atoms with E-state index in [9.17, 15) is 0 Å². The third-order valence-corrected chi connectivity index (χ3v) is 3.88. The Morgan fingerprint density at radius 3 is 2.48 bits per heavy atom. The van der Waals surface area contributed by atoms with Crippen LogP contribution < -0.4 is 10.1 Å². The topological polar surface area (TPSA) is 70.8 Å². The Hall–Kier alpha value is -3.10. The Morgan fingerprint density at radius 1 is 1.00 bits per heavy atom. The minimum absolute atomic E-state index is 0.291. The van der Waals surface area contributed by atoms with Crippen LogP contribution >= 0.6 is 11.6 Å². The summed E-state index contributed by atoms with van der Waals surface area (Å²) in [6.45, 7) is 0.989. The number of rotatable bonds is 6. The van der Waals surface area contributed by atoms with Crippen molar-refractivity contribution in [2.75, 3.05) is 5.32 Å². The molecule has 2 aromatic carbocycles. The highest BCUT2D eigenvalue weighted by Crippen LogP contribution is 2.24. The zero-order chi connectivity index (χ0) is 17.5. The number of nitrogens with zero attached hydrogens (tertiary/aromatic N) is 3. The summed E-state index contributed by atoms with van der Waals surface area (Å²) >= 11 is 6.12. The molecule has 0 bridgehead atoms. The predicted octanol–water partition coefficient (Wildman–Crippen LogP) is 4.19. The number of hydrogen-bond donors (Lipinski definition) is 1. The first-order valence-corrected chi connectivity index (χ1v) is 8.04. The zero-order valence-corrected chi connectivity index (χ0v) is 14.1. The normalized spacial score (nSPS) is 10.1. The Morgan fingerprint density at radius 2 is 1.76 bits per heavy atom. The lowest BCUT2D eigenvalue weighted by atomic mass is 10.1. The van der Waals surface area contributed by atoms with Crippen molar-refractivity contribution in [1.29, 1.82) is 5.26 Å². The number of nitrogens with one attached hydrogen (secondary N) is 1. The monoisotopic (exact) mass is 350 g/mol. The molecule has 3 aromatic rings. The zero-order valence-electron chi connectivity index (χ0n) is 13.3. The second-order valence-corrected chi connectivity index (χ2v) is 5.65. The third kappa shape index (κ3) is 4.46. The van der Waals surface area contributed by atoms with Crippen molar-refractivity contribution in [3.8, 4) is 11.8 Å². The fourth-order valence-electron chi connectivity index (χ4n) is 2.25. The molecule has 0 aliphatic rings. The molecular formula is C19H15ClN4O. The smallest absolute Gasteiger partial charge is 0.158 e. The Balaban J connectivity index is 1.66. The molecule has 0 atom stereocenters. The first-order chi connectivity index (χ1) is 12.3. The highest BCUT2D eigenvalue weighted by Gasteiger charge is 2.05. The number of ether oxygens (including phenoxy) is 1. The van der Waals surface area contributed by atoms with Crippen LogP contribution in [0.25, 0.3) is 0 Å². The average molecular weight is 351 g/mol. The summed E-state index contributed by atoms with van der Waals surface area (Å²) in [5, 5.41) is 12.5. The van der Waals surface area contributed by atoms with E-state index < -0.39 is 0 Å². The van der Waals surface area contributed by atoms with Crippen LogP contribution in [-0.2, 0) is 13.2 Å². The van der Waals surface area contributed by atoms with Crippen LogP contribution in [-0.4, -0.2) is 9.97 Å². The van der Waals surface area contributed by atoms with E-state index in [2.05, 4.69) is 15.3 Å². The summed E-state index contributed by atoms with van der Waals surface area (Å²) < 4.78 is 5.82. The fraction of sp³-hybridized carbons (Fsp3) is 0.105. The van der Waals surface area contributed by atoms with Crippen molar-refractivity contribution in [2.45, 2.75) is 13.2 Å². The van der Waals surface area contributed by atoms with Gasteiger partial charge in [0.15, 0.2) is 5.69 Å². The van der Waals surface area contributed by atoms with E-state index in [4.69, 9.17) is 21.6 Å². The number of nitriles is 1. The van der Waals surface area contributed by atoms with E-state index in [0.29, 0.717) is 35.4 Å². The first kappa shape index (κ1) is 16.7. The number of para-hydroxylation sites is 1. The second-order valence-electron chi connectivity index (χ2n) is 5.24. The molecular weight excluding hydrogens is 336 g/mol. The Labute approximate surface area is 150 Å². The second kappa shape index (κ2) is 8.13. The summed E-state index contributed by atoms with van der Waals surface area (Å²) in [6, 6.07) is 17.3. The molecule has 0 saturated heterocycles. The lowest BCUT2D eigenvalue weighted by Gasteiger charge is -2.13. The summed E-state index contributed by atoms with van der Waals surface area (Å²) in [7, 11) is 0. The van der Waals surface area contributed by atoms with Gasteiger partial charge in [-0.1, -0.05) is 48.0 Å². The molecule has 124 valence electrons. The number of aromatic nitrogens is 2. The maximum atomic E-state index is 8.75. The molecule has 6 heteroatoms. The molecule has 0 spiro atoms. The van der Waals surface area contributed by atoms with Crippen LogP contribution in [0.3, 0.4) is 0 Å². The SMILES string of the molecule is N#Cc1cnc(NCc2ccccc2COc2ccccc2Cl)cn1. The van der Waals surface area contributed by atoms with Crippen LogP contribution in [0.4, 0.5) is 5.82 Å². The lowest BCUT2D eigenvalue weighted by Crippen LogP contribution is -2.07. The van der Waals surface area contributed by atoms with Crippen molar-refractivity contribution >= 4 is 17.4 Å². The van der Waals surface area contributed by atoms with Crippen molar-refractivity contribution in [1.82, 2.24) is 9.97 Å². The van der Waals surface area contributed by atoms with E-state index in [0.717, 1.165) is 11.1 Å². The summed E-state index contributed by atoms with van der Waals surface area (Å²) in [6.07, 6.45) is 2.98. The molecule has 0 aliphatic heterocycles. The molecule has 25 heavy (non-hydrogen) atoms. The minimum atomic E-state index is 0.291. The molecule has 0 saturated carbocycles. The standard InChI is InChI=1S/C19H15ClN4O/c20-17-7-3-4-8-18(17)25-13-15-6-2-1-5-14(15)10-23-19-12-22-16(9-21)11-24-19/h1-8,11-12H,10,13H2,(H,23,24). The van der Waals surface area contributed by atoms with E-state index >= 15 is 0 Å². The maximum absolute atomic E-state index is 8.75. The highest BCUT2D eigenvalue weighted by atomic mass is 35.5. The van der Waals surface area contributed by atoms with Crippen LogP contribution in [0.2, 0.25) is 5.02 Å². The van der Waals surface area contributed by atoms with Crippen LogP contribution in [0.5, 0.6) is 5.75 Å². The number of halogens is 1. The summed E-state index contributed by atoms with van der Waals surface area (Å²) in [5.41, 5.74) is 2.43. The van der Waals surface area contributed by atoms with Gasteiger partial charge in [0, 0.05) is 6.54 Å². The van der Waals surface area contributed by atoms with Gasteiger partial charge in [0.2, 0.25) is 0 Å². The van der Waals surface area contributed by atoms with Crippen molar-refractivity contribution < 1.29 is 4.74 Å². The van der Waals surface area contributed by atoms with Gasteiger partial charge in [-0.2, -0.15) is 5.26 Å². The number of benzene rings is 2. The van der Waals surface area contributed by atoms with Gasteiger partial charge in [0.05, 0.1) is 17.4 Å². The third-order valence-electron chi connectivity index (χ3n) is 3.56. The molecule has 0 fully saturated rings. The molecule has 5 nitrogen and oxygen atoms in total. The molecule has 0 amide bonds. The van der Waals surface area contributed by atoms with Gasteiger partial charge < -0.3 is 10.1 Å². The van der Waals surface area contributed by atoms with Gasteiger partial charge >= 0.3 is 0 Å². The van der Waals surface area contributed by atoms with Gasteiger partial charge in [-0.3, -0.25) is 0 Å². The first-order valence-electron chi connectivity index (χ1n) is 7.66. The Bertz CT molecular complexity index is 890. The van der Waals surface area contributed by atoms with Crippen molar-refractivity contribution in [2.24, 2.45) is 0 Å². The van der Waals surface area contributed by atoms with Gasteiger partial charge in [0.25, 0.3) is 0 Å². The molecule has 1 aromatic heterocycles. The van der Waals surface area contributed by atoms with Gasteiger partial charge in [-0.05, 0) is 23.3 Å². The number of anilines is 1. The predicted molar refractivity (Wildman–Crippen MR) is 96.3 cm³/mol. The quantitative estimate of drug-likeness (QED) is 0.721. The van der Waals surface area contributed by atoms with E-state index in [1.807, 2.05) is 48.5 Å². The molecule has 0 radical (unpaired) electrons. The average Bonchev–Trinajstić information content (AvgIpc) is 2.67. The van der Waals surface area contributed by atoms with Crippen molar-refractivity contribution in [3.63, 3.8) is 0 Å². The number of hydrogen-bond acceptors (Lipinski definition) is 5. The van der Waals surface area contributed by atoms with Crippen LogP contribution in [0, 0.1) is 11.3 Å². The maximum Gasteiger partial charge on any atom is 0.158 e. The molecule has 0 unspecified atom stereocenters. The van der Waals surface area contributed by atoms with E-state index in [1.54, 1.807) is 12.3 Å². The summed E-state index contributed by atoms with van der Waals surface area (Å²) in [5.74, 6) is 1.27. The Kier molecular flexibility index (Phi) is 5.45. The van der Waals surface area contributed by atoms with E-state index in [1.165, 1.54) is 6.20 Å². The van der Waals surface area contributed by atoms with Gasteiger partial charge in [-0.25, -0.2) is 9.97 Å². The minimum Gasteiger partial charge on any atom is -0.487 e. The van der Waals surface area contributed by atoms with Gasteiger partial charge in [-0.15, -0.1) is 0 Å². The van der Waals surface area contributed by atoms with Crippen molar-refractivity contribution in [3.05, 3.63) is 82.8 Å². The fourth-order valence-corrected chi connectivity index (χ4v) is 2.44. The molecule has 0 aliphatic carbocycles. The molecule has 3 rings (SSSR count). The molecule has 1 heterocycles. The lowest BCUT2D eigenvalue weighted by molar-refractivity contribution is 0.305. The van der Waals surface area contributed by atoms with Crippen LogP contribution in [0.15, 0.2) is 60.9 Å². The summed E-state index contributed by atoms with van der Waals surface area (Å²) in [4.78, 5) is 8.15. The largest absolute Gasteiger partial charge is 0.487 e. The molecule has 1 N–H and O–H groups in total.